The second-order valence-electron chi connectivity index (χ2n) is 5.36. The second kappa shape index (κ2) is 6.95. The summed E-state index contributed by atoms with van der Waals surface area (Å²) in [5, 5.41) is 3.48. The molecule has 2 atom stereocenters. The van der Waals surface area contributed by atoms with Gasteiger partial charge in [-0.2, -0.15) is 0 Å². The van der Waals surface area contributed by atoms with Gasteiger partial charge in [-0.05, 0) is 45.1 Å². The Morgan fingerprint density at radius 2 is 2.10 bits per heavy atom. The minimum Gasteiger partial charge on any atom is -0.493 e. The highest BCUT2D eigenvalue weighted by atomic mass is 16.5. The summed E-state index contributed by atoms with van der Waals surface area (Å²) in [6.45, 7) is 5.34. The zero-order valence-corrected chi connectivity index (χ0v) is 13.0. The van der Waals surface area contributed by atoms with E-state index < -0.39 is 0 Å². The van der Waals surface area contributed by atoms with Gasteiger partial charge in [-0.25, -0.2) is 0 Å². The van der Waals surface area contributed by atoms with Gasteiger partial charge in [-0.15, -0.1) is 0 Å². The minimum atomic E-state index is 0.388. The number of nitrogens with zero attached hydrogens (tertiary/aromatic N) is 1. The number of hydrogen-bond donors (Lipinski definition) is 1. The first-order valence-corrected chi connectivity index (χ1v) is 7.34. The lowest BCUT2D eigenvalue weighted by Crippen LogP contribution is -2.28. The quantitative estimate of drug-likeness (QED) is 0.866. The Morgan fingerprint density at radius 3 is 2.75 bits per heavy atom. The first kappa shape index (κ1) is 15.1. The maximum Gasteiger partial charge on any atom is 0.165 e. The van der Waals surface area contributed by atoms with Gasteiger partial charge in [0, 0.05) is 11.6 Å². The number of methoxy groups -OCH3 is 2. The van der Waals surface area contributed by atoms with E-state index >= 15 is 0 Å². The monoisotopic (exact) mass is 278 g/mol. The number of ether oxygens (including phenoxy) is 2. The van der Waals surface area contributed by atoms with Crippen LogP contribution in [0.2, 0.25) is 0 Å². The molecule has 1 N–H and O–H groups in total. The average molecular weight is 278 g/mol. The van der Waals surface area contributed by atoms with Crippen molar-refractivity contribution < 1.29 is 9.47 Å². The molecule has 1 aromatic rings. The SMILES string of the molecule is CCNCC1CCN(C)C1c1cccc(OC)c1OC. The molecule has 1 fully saturated rings. The van der Waals surface area contributed by atoms with Crippen LogP contribution in [0.4, 0.5) is 0 Å². The Balaban J connectivity index is 2.32. The van der Waals surface area contributed by atoms with Crippen LogP contribution >= 0.6 is 0 Å². The van der Waals surface area contributed by atoms with E-state index in [0.29, 0.717) is 12.0 Å². The summed E-state index contributed by atoms with van der Waals surface area (Å²) in [6.07, 6.45) is 1.22. The molecule has 20 heavy (non-hydrogen) atoms. The lowest BCUT2D eigenvalue weighted by molar-refractivity contribution is 0.260. The molecule has 1 heterocycles. The van der Waals surface area contributed by atoms with Crippen molar-refractivity contribution in [3.05, 3.63) is 23.8 Å². The summed E-state index contributed by atoms with van der Waals surface area (Å²) in [5.74, 6) is 2.30. The fourth-order valence-electron chi connectivity index (χ4n) is 3.21. The summed E-state index contributed by atoms with van der Waals surface area (Å²) in [6, 6.07) is 6.55. The average Bonchev–Trinajstić information content (AvgIpc) is 2.84. The molecule has 2 unspecified atom stereocenters. The highest BCUT2D eigenvalue weighted by Gasteiger charge is 2.35. The largest absolute Gasteiger partial charge is 0.493 e. The zero-order chi connectivity index (χ0) is 14.5. The van der Waals surface area contributed by atoms with E-state index in [-0.39, 0.29) is 0 Å². The van der Waals surface area contributed by atoms with E-state index in [0.717, 1.165) is 31.1 Å². The minimum absolute atomic E-state index is 0.388. The van der Waals surface area contributed by atoms with Gasteiger partial charge in [0.2, 0.25) is 0 Å². The van der Waals surface area contributed by atoms with E-state index in [1.807, 2.05) is 12.1 Å². The van der Waals surface area contributed by atoms with Gasteiger partial charge in [0.15, 0.2) is 11.5 Å². The number of hydrogen-bond acceptors (Lipinski definition) is 4. The highest BCUT2D eigenvalue weighted by Crippen LogP contribution is 2.43. The van der Waals surface area contributed by atoms with E-state index in [4.69, 9.17) is 9.47 Å². The van der Waals surface area contributed by atoms with Crippen molar-refractivity contribution in [1.29, 1.82) is 0 Å². The summed E-state index contributed by atoms with van der Waals surface area (Å²) in [5.41, 5.74) is 1.23. The van der Waals surface area contributed by atoms with Crippen LogP contribution in [-0.4, -0.2) is 45.8 Å². The molecule has 1 aromatic carbocycles. The molecule has 1 saturated heterocycles. The van der Waals surface area contributed by atoms with Crippen molar-refractivity contribution in [3.8, 4) is 11.5 Å². The normalized spacial score (nSPS) is 23.0. The third-order valence-corrected chi connectivity index (χ3v) is 4.18. The molecule has 0 saturated carbocycles. The van der Waals surface area contributed by atoms with Crippen molar-refractivity contribution in [2.45, 2.75) is 19.4 Å². The van der Waals surface area contributed by atoms with Crippen LogP contribution in [0, 0.1) is 5.92 Å². The topological polar surface area (TPSA) is 33.7 Å². The van der Waals surface area contributed by atoms with Gasteiger partial charge in [-0.3, -0.25) is 4.90 Å². The maximum atomic E-state index is 5.61. The summed E-state index contributed by atoms with van der Waals surface area (Å²) >= 11 is 0. The molecule has 1 aliphatic rings. The maximum absolute atomic E-state index is 5.61. The van der Waals surface area contributed by atoms with E-state index in [9.17, 15) is 0 Å². The van der Waals surface area contributed by atoms with Crippen LogP contribution in [0.5, 0.6) is 11.5 Å². The molecular weight excluding hydrogens is 252 g/mol. The molecule has 0 amide bonds. The fourth-order valence-corrected chi connectivity index (χ4v) is 3.21. The van der Waals surface area contributed by atoms with E-state index in [2.05, 4.69) is 30.3 Å². The Morgan fingerprint density at radius 1 is 1.30 bits per heavy atom. The van der Waals surface area contributed by atoms with Crippen LogP contribution in [0.25, 0.3) is 0 Å². The Kier molecular flexibility index (Phi) is 5.26. The third-order valence-electron chi connectivity index (χ3n) is 4.18. The predicted molar refractivity (Wildman–Crippen MR) is 81.6 cm³/mol. The standard InChI is InChI=1S/C16H26N2O2/c1-5-17-11-12-9-10-18(2)15(12)13-7-6-8-14(19-3)16(13)20-4/h6-8,12,15,17H,5,9-11H2,1-4H3. The summed E-state index contributed by atoms with van der Waals surface area (Å²) in [4.78, 5) is 2.42. The molecule has 4 nitrogen and oxygen atoms in total. The number of benzene rings is 1. The van der Waals surface area contributed by atoms with Crippen LogP contribution in [0.15, 0.2) is 18.2 Å². The predicted octanol–water partition coefficient (Wildman–Crippen LogP) is 2.31. The molecule has 1 aliphatic heterocycles. The summed E-state index contributed by atoms with van der Waals surface area (Å²) in [7, 11) is 5.60. The van der Waals surface area contributed by atoms with Crippen LogP contribution in [-0.2, 0) is 0 Å². The van der Waals surface area contributed by atoms with Gasteiger partial charge in [0.1, 0.15) is 0 Å². The number of nitrogens with one attached hydrogen (secondary N) is 1. The molecular formula is C16H26N2O2. The second-order valence-corrected chi connectivity index (χ2v) is 5.36. The van der Waals surface area contributed by atoms with Crippen LogP contribution in [0.3, 0.4) is 0 Å². The molecule has 0 aromatic heterocycles. The van der Waals surface area contributed by atoms with Crippen molar-refractivity contribution in [1.82, 2.24) is 10.2 Å². The highest BCUT2D eigenvalue weighted by molar-refractivity contribution is 5.48. The van der Waals surface area contributed by atoms with Crippen molar-refractivity contribution in [3.63, 3.8) is 0 Å². The molecule has 0 radical (unpaired) electrons. The fraction of sp³-hybridized carbons (Fsp3) is 0.625. The molecule has 112 valence electrons. The van der Waals surface area contributed by atoms with E-state index in [1.54, 1.807) is 14.2 Å². The number of para-hydroxylation sites is 1. The Bertz CT molecular complexity index is 436. The van der Waals surface area contributed by atoms with E-state index in [1.165, 1.54) is 12.0 Å². The van der Waals surface area contributed by atoms with Gasteiger partial charge in [0.25, 0.3) is 0 Å². The van der Waals surface area contributed by atoms with Gasteiger partial charge >= 0.3 is 0 Å². The number of rotatable bonds is 6. The zero-order valence-electron chi connectivity index (χ0n) is 13.0. The third kappa shape index (κ3) is 2.91. The molecule has 0 bridgehead atoms. The molecule has 0 aliphatic carbocycles. The molecule has 2 rings (SSSR count). The Hall–Kier alpha value is -1.26. The summed E-state index contributed by atoms with van der Waals surface area (Å²) < 4.78 is 11.0. The molecule has 4 heteroatoms. The van der Waals surface area contributed by atoms with Gasteiger partial charge in [-0.1, -0.05) is 19.1 Å². The van der Waals surface area contributed by atoms with Gasteiger partial charge < -0.3 is 14.8 Å². The smallest absolute Gasteiger partial charge is 0.165 e. The molecule has 0 spiro atoms. The van der Waals surface area contributed by atoms with Crippen LogP contribution in [0.1, 0.15) is 24.9 Å². The van der Waals surface area contributed by atoms with Gasteiger partial charge in [0.05, 0.1) is 14.2 Å². The lowest BCUT2D eigenvalue weighted by Gasteiger charge is -2.27. The number of likely N-dealkylation sites (tertiary alicyclic amines) is 1. The van der Waals surface area contributed by atoms with Crippen molar-refractivity contribution in [2.24, 2.45) is 5.92 Å². The van der Waals surface area contributed by atoms with Crippen LogP contribution < -0.4 is 14.8 Å². The van der Waals surface area contributed by atoms with Crippen molar-refractivity contribution in [2.75, 3.05) is 40.9 Å². The first-order chi connectivity index (χ1) is 9.72. The first-order valence-electron chi connectivity index (χ1n) is 7.34. The van der Waals surface area contributed by atoms with Crippen molar-refractivity contribution >= 4 is 0 Å². The Labute approximate surface area is 122 Å². The lowest BCUT2D eigenvalue weighted by atomic mass is 9.92.